The van der Waals surface area contributed by atoms with E-state index in [0.29, 0.717) is 5.56 Å². The molecule has 0 aliphatic carbocycles. The van der Waals surface area contributed by atoms with Crippen LogP contribution in [0.1, 0.15) is 11.9 Å². The summed E-state index contributed by atoms with van der Waals surface area (Å²) in [5, 5.41) is 9.45. The molecule has 0 aromatic heterocycles. The van der Waals surface area contributed by atoms with Gasteiger partial charge in [-0.3, -0.25) is 0 Å². The maximum atomic E-state index is 9.45. The van der Waals surface area contributed by atoms with E-state index in [4.69, 9.17) is 9.47 Å². The first kappa shape index (κ1) is 11.6. The molecule has 17 heavy (non-hydrogen) atoms. The number of ether oxygens (including phenoxy) is 2. The number of benzene rings is 2. The third-order valence-corrected chi connectivity index (χ3v) is 2.37. The molecule has 1 atom stereocenters. The van der Waals surface area contributed by atoms with E-state index in [1.165, 1.54) is 7.11 Å². The molecule has 0 fully saturated rings. The average Bonchev–Trinajstić information content (AvgIpc) is 2.40. The Bertz CT molecular complexity index is 451. The molecule has 2 rings (SSSR count). The summed E-state index contributed by atoms with van der Waals surface area (Å²) in [5.74, 6) is 1.51. The monoisotopic (exact) mass is 230 g/mol. The highest BCUT2D eigenvalue weighted by Gasteiger charge is 2.05. The minimum Gasteiger partial charge on any atom is -0.457 e. The maximum Gasteiger partial charge on any atom is 0.180 e. The van der Waals surface area contributed by atoms with E-state index in [2.05, 4.69) is 0 Å². The Kier molecular flexibility index (Phi) is 3.75. The Hall–Kier alpha value is -1.84. The quantitative estimate of drug-likeness (QED) is 0.820. The summed E-state index contributed by atoms with van der Waals surface area (Å²) in [4.78, 5) is 0. The smallest absolute Gasteiger partial charge is 0.180 e. The predicted molar refractivity (Wildman–Crippen MR) is 64.9 cm³/mol. The van der Waals surface area contributed by atoms with Crippen LogP contribution in [0, 0.1) is 0 Å². The average molecular weight is 230 g/mol. The van der Waals surface area contributed by atoms with Gasteiger partial charge in [-0.1, -0.05) is 30.3 Å². The zero-order chi connectivity index (χ0) is 12.1. The first-order valence-corrected chi connectivity index (χ1v) is 5.33. The van der Waals surface area contributed by atoms with E-state index >= 15 is 0 Å². The van der Waals surface area contributed by atoms with E-state index in [1.807, 2.05) is 30.3 Å². The van der Waals surface area contributed by atoms with Gasteiger partial charge in [-0.15, -0.1) is 0 Å². The van der Waals surface area contributed by atoms with Crippen molar-refractivity contribution in [2.45, 2.75) is 6.29 Å². The summed E-state index contributed by atoms with van der Waals surface area (Å²) in [7, 11) is 1.46. The molecule has 2 aromatic carbocycles. The van der Waals surface area contributed by atoms with Gasteiger partial charge in [0.1, 0.15) is 11.5 Å². The maximum absolute atomic E-state index is 9.45. The van der Waals surface area contributed by atoms with Crippen LogP contribution in [0.3, 0.4) is 0 Å². The van der Waals surface area contributed by atoms with Crippen molar-refractivity contribution in [1.82, 2.24) is 0 Å². The molecule has 2 aromatic rings. The molecular weight excluding hydrogens is 216 g/mol. The fourth-order valence-corrected chi connectivity index (χ4v) is 1.46. The van der Waals surface area contributed by atoms with Gasteiger partial charge in [0, 0.05) is 12.7 Å². The van der Waals surface area contributed by atoms with E-state index in [1.54, 1.807) is 24.3 Å². The SMILES string of the molecule is COC(O)c1ccc(Oc2ccccc2)cc1. The minimum atomic E-state index is -0.888. The zero-order valence-corrected chi connectivity index (χ0v) is 9.54. The van der Waals surface area contributed by atoms with Gasteiger partial charge in [0.15, 0.2) is 6.29 Å². The van der Waals surface area contributed by atoms with Crippen molar-refractivity contribution in [3.8, 4) is 11.5 Å². The molecule has 0 aliphatic rings. The van der Waals surface area contributed by atoms with Crippen LogP contribution in [-0.4, -0.2) is 12.2 Å². The predicted octanol–water partition coefficient (Wildman–Crippen LogP) is 3.12. The summed E-state index contributed by atoms with van der Waals surface area (Å²) >= 11 is 0. The number of hydrogen-bond acceptors (Lipinski definition) is 3. The Labute approximate surface area is 100 Å². The topological polar surface area (TPSA) is 38.7 Å². The zero-order valence-electron chi connectivity index (χ0n) is 9.54. The number of methoxy groups -OCH3 is 1. The van der Waals surface area contributed by atoms with Crippen molar-refractivity contribution in [2.24, 2.45) is 0 Å². The lowest BCUT2D eigenvalue weighted by molar-refractivity contribution is -0.0769. The standard InChI is InChI=1S/C14H14O3/c1-16-14(15)11-7-9-13(10-8-11)17-12-5-3-2-4-6-12/h2-10,14-15H,1H3. The third-order valence-electron chi connectivity index (χ3n) is 2.37. The third kappa shape index (κ3) is 3.06. The second-order valence-electron chi connectivity index (χ2n) is 3.57. The fraction of sp³-hybridized carbons (Fsp3) is 0.143. The molecule has 0 aliphatic heterocycles. The summed E-state index contributed by atoms with van der Waals surface area (Å²) < 4.78 is 10.4. The van der Waals surface area contributed by atoms with Crippen LogP contribution in [0.5, 0.6) is 11.5 Å². The van der Waals surface area contributed by atoms with Crippen LogP contribution in [0.4, 0.5) is 0 Å². The molecule has 1 N–H and O–H groups in total. The van der Waals surface area contributed by atoms with E-state index < -0.39 is 6.29 Å². The van der Waals surface area contributed by atoms with Gasteiger partial charge in [0.2, 0.25) is 0 Å². The van der Waals surface area contributed by atoms with Crippen molar-refractivity contribution in [3.63, 3.8) is 0 Å². The molecular formula is C14H14O3. The lowest BCUT2D eigenvalue weighted by atomic mass is 10.2. The Morgan fingerprint density at radius 1 is 0.882 bits per heavy atom. The van der Waals surface area contributed by atoms with Crippen LogP contribution in [0.15, 0.2) is 54.6 Å². The number of aliphatic hydroxyl groups excluding tert-OH is 1. The van der Waals surface area contributed by atoms with Gasteiger partial charge >= 0.3 is 0 Å². The largest absolute Gasteiger partial charge is 0.457 e. The highest BCUT2D eigenvalue weighted by Crippen LogP contribution is 2.23. The van der Waals surface area contributed by atoms with Gasteiger partial charge in [0.25, 0.3) is 0 Å². The molecule has 3 heteroatoms. The normalized spacial score (nSPS) is 12.1. The molecule has 0 bridgehead atoms. The van der Waals surface area contributed by atoms with Crippen molar-refractivity contribution in [2.75, 3.05) is 7.11 Å². The number of hydrogen-bond donors (Lipinski definition) is 1. The van der Waals surface area contributed by atoms with Crippen LogP contribution < -0.4 is 4.74 Å². The molecule has 0 heterocycles. The molecule has 0 amide bonds. The number of rotatable bonds is 4. The Balaban J connectivity index is 2.08. The van der Waals surface area contributed by atoms with Gasteiger partial charge in [-0.05, 0) is 24.3 Å². The number of aliphatic hydroxyl groups is 1. The van der Waals surface area contributed by atoms with Crippen LogP contribution in [0.2, 0.25) is 0 Å². The van der Waals surface area contributed by atoms with E-state index in [0.717, 1.165) is 11.5 Å². The fourth-order valence-electron chi connectivity index (χ4n) is 1.46. The van der Waals surface area contributed by atoms with E-state index in [9.17, 15) is 5.11 Å². The second-order valence-corrected chi connectivity index (χ2v) is 3.57. The summed E-state index contributed by atoms with van der Waals surface area (Å²) in [6.07, 6.45) is -0.888. The second kappa shape index (κ2) is 5.48. The molecule has 0 saturated heterocycles. The highest BCUT2D eigenvalue weighted by molar-refractivity contribution is 5.33. The molecule has 88 valence electrons. The Morgan fingerprint density at radius 3 is 2.06 bits per heavy atom. The molecule has 3 nitrogen and oxygen atoms in total. The van der Waals surface area contributed by atoms with Gasteiger partial charge in [-0.2, -0.15) is 0 Å². The first-order valence-electron chi connectivity index (χ1n) is 5.33. The van der Waals surface area contributed by atoms with Gasteiger partial charge in [0.05, 0.1) is 0 Å². The highest BCUT2D eigenvalue weighted by atomic mass is 16.6. The van der Waals surface area contributed by atoms with E-state index in [-0.39, 0.29) is 0 Å². The first-order chi connectivity index (χ1) is 8.29. The molecule has 1 unspecified atom stereocenters. The van der Waals surface area contributed by atoms with Crippen molar-refractivity contribution in [3.05, 3.63) is 60.2 Å². The molecule has 0 saturated carbocycles. The lowest BCUT2D eigenvalue weighted by Crippen LogP contribution is -1.98. The minimum absolute atomic E-state index is 0.702. The van der Waals surface area contributed by atoms with Gasteiger partial charge < -0.3 is 14.6 Å². The Morgan fingerprint density at radius 2 is 1.47 bits per heavy atom. The van der Waals surface area contributed by atoms with Crippen LogP contribution in [-0.2, 0) is 4.74 Å². The molecule has 0 radical (unpaired) electrons. The number of para-hydroxylation sites is 1. The summed E-state index contributed by atoms with van der Waals surface area (Å²) in [5.41, 5.74) is 0.702. The van der Waals surface area contributed by atoms with Crippen LogP contribution >= 0.6 is 0 Å². The summed E-state index contributed by atoms with van der Waals surface area (Å²) in [6.45, 7) is 0. The van der Waals surface area contributed by atoms with Crippen molar-refractivity contribution in [1.29, 1.82) is 0 Å². The lowest BCUT2D eigenvalue weighted by Gasteiger charge is -2.10. The van der Waals surface area contributed by atoms with Crippen LogP contribution in [0.25, 0.3) is 0 Å². The molecule has 0 spiro atoms. The van der Waals surface area contributed by atoms with Crippen molar-refractivity contribution < 1.29 is 14.6 Å². The summed E-state index contributed by atoms with van der Waals surface area (Å²) in [6, 6.07) is 16.7. The van der Waals surface area contributed by atoms with Gasteiger partial charge in [-0.25, -0.2) is 0 Å². The van der Waals surface area contributed by atoms with Crippen molar-refractivity contribution >= 4 is 0 Å².